The number of imidazole rings is 1. The Kier molecular flexibility index (Phi) is 2.60. The summed E-state index contributed by atoms with van der Waals surface area (Å²) in [5, 5.41) is 1.27. The molecule has 0 spiro atoms. The predicted octanol–water partition coefficient (Wildman–Crippen LogP) is 4.35. The summed E-state index contributed by atoms with van der Waals surface area (Å²) >= 11 is 1.77. The van der Waals surface area contributed by atoms with Gasteiger partial charge in [-0.1, -0.05) is 24.3 Å². The van der Waals surface area contributed by atoms with E-state index >= 15 is 0 Å². The van der Waals surface area contributed by atoms with E-state index in [0.717, 1.165) is 17.2 Å². The third-order valence-electron chi connectivity index (χ3n) is 3.17. The Balaban J connectivity index is 1.78. The van der Waals surface area contributed by atoms with Gasteiger partial charge in [0.2, 0.25) is 0 Å². The fraction of sp³-hybridized carbons (Fsp3) is 0. The first-order chi connectivity index (χ1) is 9.90. The highest BCUT2D eigenvalue weighted by Crippen LogP contribution is 2.33. The smallest absolute Gasteiger partial charge is 0.156 e. The monoisotopic (exact) mass is 277 g/mol. The Hall–Kier alpha value is -2.46. The molecule has 0 saturated carbocycles. The lowest BCUT2D eigenvalue weighted by Gasteiger charge is -1.94. The lowest BCUT2D eigenvalue weighted by molar-refractivity contribution is 1.23. The molecular weight excluding hydrogens is 266 g/mol. The van der Waals surface area contributed by atoms with Gasteiger partial charge in [0.25, 0.3) is 0 Å². The Bertz CT molecular complexity index is 828. The van der Waals surface area contributed by atoms with Crippen molar-refractivity contribution >= 4 is 21.4 Å². The largest absolute Gasteiger partial charge is 0.336 e. The molecule has 4 aromatic rings. The quantitative estimate of drug-likeness (QED) is 0.591. The van der Waals surface area contributed by atoms with Crippen LogP contribution < -0.4 is 0 Å². The van der Waals surface area contributed by atoms with Crippen molar-refractivity contribution in [3.8, 4) is 22.1 Å². The van der Waals surface area contributed by atoms with E-state index < -0.39 is 0 Å². The van der Waals surface area contributed by atoms with Gasteiger partial charge in [0.15, 0.2) is 5.82 Å². The van der Waals surface area contributed by atoms with Crippen LogP contribution >= 0.6 is 11.3 Å². The van der Waals surface area contributed by atoms with E-state index in [2.05, 4.69) is 45.3 Å². The number of fused-ring (bicyclic) bond motifs is 1. The van der Waals surface area contributed by atoms with Crippen LogP contribution in [0.5, 0.6) is 0 Å². The first-order valence-electron chi connectivity index (χ1n) is 6.35. The van der Waals surface area contributed by atoms with Gasteiger partial charge in [-0.2, -0.15) is 0 Å². The minimum absolute atomic E-state index is 0.804. The van der Waals surface area contributed by atoms with Crippen molar-refractivity contribution in [1.29, 1.82) is 0 Å². The van der Waals surface area contributed by atoms with Crippen LogP contribution in [-0.2, 0) is 0 Å². The molecule has 0 unspecified atom stereocenters. The summed E-state index contributed by atoms with van der Waals surface area (Å²) in [5.74, 6) is 0.804. The molecule has 1 aromatic carbocycles. The SMILES string of the molecule is c1ccc(-c2ncc(-c3cc4ccccc4s3)[nH]2)nc1. The predicted molar refractivity (Wildman–Crippen MR) is 82.6 cm³/mol. The molecule has 3 heterocycles. The summed E-state index contributed by atoms with van der Waals surface area (Å²) in [4.78, 5) is 13.3. The van der Waals surface area contributed by atoms with Gasteiger partial charge in [-0.25, -0.2) is 4.98 Å². The van der Waals surface area contributed by atoms with Crippen LogP contribution in [-0.4, -0.2) is 15.0 Å². The summed E-state index contributed by atoms with van der Waals surface area (Å²) < 4.78 is 1.29. The number of nitrogens with one attached hydrogen (secondary N) is 1. The molecule has 4 rings (SSSR count). The van der Waals surface area contributed by atoms with Gasteiger partial charge in [-0.05, 0) is 29.7 Å². The second-order valence-corrected chi connectivity index (χ2v) is 5.59. The fourth-order valence-electron chi connectivity index (χ4n) is 2.19. The zero-order valence-corrected chi connectivity index (χ0v) is 11.4. The summed E-state index contributed by atoms with van der Waals surface area (Å²) in [5.41, 5.74) is 1.90. The number of pyridine rings is 1. The maximum absolute atomic E-state index is 4.42. The van der Waals surface area contributed by atoms with Crippen LogP contribution in [0.2, 0.25) is 0 Å². The van der Waals surface area contributed by atoms with Gasteiger partial charge in [0.1, 0.15) is 5.69 Å². The lowest BCUT2D eigenvalue weighted by atomic mass is 10.2. The Morgan fingerprint density at radius 2 is 1.85 bits per heavy atom. The van der Waals surface area contributed by atoms with E-state index in [0.29, 0.717) is 0 Å². The maximum Gasteiger partial charge on any atom is 0.156 e. The fourth-order valence-corrected chi connectivity index (χ4v) is 3.22. The van der Waals surface area contributed by atoms with Gasteiger partial charge in [0, 0.05) is 10.9 Å². The molecule has 0 bridgehead atoms. The van der Waals surface area contributed by atoms with Crippen LogP contribution in [0.25, 0.3) is 32.2 Å². The summed E-state index contributed by atoms with van der Waals surface area (Å²) in [6, 6.07) is 16.4. The summed E-state index contributed by atoms with van der Waals surface area (Å²) in [6.45, 7) is 0. The van der Waals surface area contributed by atoms with Crippen molar-refractivity contribution in [2.24, 2.45) is 0 Å². The number of nitrogens with zero attached hydrogens (tertiary/aromatic N) is 2. The number of aromatic amines is 1. The first kappa shape index (κ1) is 11.4. The summed E-state index contributed by atoms with van der Waals surface area (Å²) in [7, 11) is 0. The number of hydrogen-bond acceptors (Lipinski definition) is 3. The van der Waals surface area contributed by atoms with Crippen LogP contribution in [0.15, 0.2) is 60.9 Å². The topological polar surface area (TPSA) is 41.6 Å². The van der Waals surface area contributed by atoms with Crippen molar-refractivity contribution in [2.45, 2.75) is 0 Å². The van der Waals surface area contributed by atoms with Crippen LogP contribution in [0, 0.1) is 0 Å². The standard InChI is InChI=1S/C16H11N3S/c1-2-7-14-11(5-1)9-15(20-14)13-10-18-16(19-13)12-6-3-4-8-17-12/h1-10H,(H,18,19). The number of H-pyrrole nitrogens is 1. The van der Waals surface area contributed by atoms with Crippen molar-refractivity contribution in [3.63, 3.8) is 0 Å². The van der Waals surface area contributed by atoms with Crippen molar-refractivity contribution < 1.29 is 0 Å². The van der Waals surface area contributed by atoms with E-state index in [-0.39, 0.29) is 0 Å². The average molecular weight is 277 g/mol. The van der Waals surface area contributed by atoms with Crippen molar-refractivity contribution in [2.75, 3.05) is 0 Å². The highest BCUT2D eigenvalue weighted by molar-refractivity contribution is 7.22. The van der Waals surface area contributed by atoms with E-state index in [9.17, 15) is 0 Å². The molecule has 0 aliphatic heterocycles. The lowest BCUT2D eigenvalue weighted by Crippen LogP contribution is -1.83. The Morgan fingerprint density at radius 1 is 0.950 bits per heavy atom. The molecule has 1 N–H and O–H groups in total. The molecule has 3 nitrogen and oxygen atoms in total. The highest BCUT2D eigenvalue weighted by atomic mass is 32.1. The molecule has 0 amide bonds. The normalized spacial score (nSPS) is 11.0. The maximum atomic E-state index is 4.42. The molecule has 0 radical (unpaired) electrons. The molecule has 4 heteroatoms. The second-order valence-electron chi connectivity index (χ2n) is 4.51. The van der Waals surface area contributed by atoms with Crippen molar-refractivity contribution in [3.05, 3.63) is 60.9 Å². The molecule has 96 valence electrons. The molecule has 3 aromatic heterocycles. The first-order valence-corrected chi connectivity index (χ1v) is 7.17. The van der Waals surface area contributed by atoms with E-state index in [1.165, 1.54) is 15.0 Å². The van der Waals surface area contributed by atoms with Crippen LogP contribution in [0.3, 0.4) is 0 Å². The van der Waals surface area contributed by atoms with Gasteiger partial charge in [0.05, 0.1) is 16.8 Å². The molecule has 0 aliphatic rings. The van der Waals surface area contributed by atoms with E-state index in [1.807, 2.05) is 24.4 Å². The van der Waals surface area contributed by atoms with Gasteiger partial charge < -0.3 is 4.98 Å². The molecule has 0 aliphatic carbocycles. The van der Waals surface area contributed by atoms with Crippen LogP contribution in [0.1, 0.15) is 0 Å². The second kappa shape index (κ2) is 4.58. The highest BCUT2D eigenvalue weighted by Gasteiger charge is 2.08. The van der Waals surface area contributed by atoms with Gasteiger partial charge in [-0.15, -0.1) is 11.3 Å². The van der Waals surface area contributed by atoms with E-state index in [4.69, 9.17) is 0 Å². The van der Waals surface area contributed by atoms with Crippen molar-refractivity contribution in [1.82, 2.24) is 15.0 Å². The average Bonchev–Trinajstić information content (AvgIpc) is 3.14. The molecule has 0 saturated heterocycles. The minimum atomic E-state index is 0.804. The van der Waals surface area contributed by atoms with Gasteiger partial charge in [-0.3, -0.25) is 4.98 Å². The molecule has 20 heavy (non-hydrogen) atoms. The number of hydrogen-bond donors (Lipinski definition) is 1. The number of benzene rings is 1. The summed E-state index contributed by atoms with van der Waals surface area (Å²) in [6.07, 6.45) is 3.64. The Labute approximate surface area is 120 Å². The van der Waals surface area contributed by atoms with Gasteiger partial charge >= 0.3 is 0 Å². The Morgan fingerprint density at radius 3 is 2.70 bits per heavy atom. The zero-order chi connectivity index (χ0) is 13.4. The molecular formula is C16H11N3S. The number of rotatable bonds is 2. The molecule has 0 atom stereocenters. The molecule has 0 fully saturated rings. The number of aromatic nitrogens is 3. The third-order valence-corrected chi connectivity index (χ3v) is 4.32. The number of thiophene rings is 1. The van der Waals surface area contributed by atoms with Crippen LogP contribution in [0.4, 0.5) is 0 Å². The zero-order valence-electron chi connectivity index (χ0n) is 10.6. The minimum Gasteiger partial charge on any atom is -0.336 e. The van der Waals surface area contributed by atoms with E-state index in [1.54, 1.807) is 17.5 Å². The third kappa shape index (κ3) is 1.90.